The number of nitrogens with one attached hydrogen (secondary N) is 3. The maximum Gasteiger partial charge on any atom is 0.319 e. The molecule has 2 amide bonds. The Bertz CT molecular complexity index is 1060. The minimum Gasteiger partial charge on any atom is -0.361 e. The van der Waals surface area contributed by atoms with Crippen molar-refractivity contribution < 1.29 is 9.18 Å². The van der Waals surface area contributed by atoms with Crippen LogP contribution in [-0.2, 0) is 0 Å². The molecule has 2 aromatic carbocycles. The van der Waals surface area contributed by atoms with E-state index in [-0.39, 0.29) is 11.6 Å². The summed E-state index contributed by atoms with van der Waals surface area (Å²) in [6.07, 6.45) is 1.99. The average molecular weight is 379 g/mol. The fourth-order valence-electron chi connectivity index (χ4n) is 3.16. The molecule has 27 heavy (non-hydrogen) atoms. The SMILES string of the molecule is O=C(NCC(c1cccs1)c1c[nH]c2ccccc12)Nc1ccccc1F. The van der Waals surface area contributed by atoms with Crippen LogP contribution in [-0.4, -0.2) is 17.6 Å². The topological polar surface area (TPSA) is 56.9 Å². The number of para-hydroxylation sites is 2. The maximum absolute atomic E-state index is 13.7. The minimum atomic E-state index is -0.459. The molecule has 6 heteroatoms. The first-order chi connectivity index (χ1) is 13.2. The molecule has 2 heterocycles. The second-order valence-electron chi connectivity index (χ2n) is 6.17. The van der Waals surface area contributed by atoms with Crippen molar-refractivity contribution in [2.75, 3.05) is 11.9 Å². The minimum absolute atomic E-state index is 0.00696. The zero-order valence-electron chi connectivity index (χ0n) is 14.4. The summed E-state index contributed by atoms with van der Waals surface area (Å²) >= 11 is 1.65. The van der Waals surface area contributed by atoms with Gasteiger partial charge in [0.2, 0.25) is 0 Å². The molecule has 0 aliphatic carbocycles. The van der Waals surface area contributed by atoms with E-state index in [4.69, 9.17) is 0 Å². The van der Waals surface area contributed by atoms with E-state index in [9.17, 15) is 9.18 Å². The van der Waals surface area contributed by atoms with Crippen LogP contribution in [0.5, 0.6) is 0 Å². The molecular formula is C21H18FN3OS. The van der Waals surface area contributed by atoms with Crippen LogP contribution in [0.3, 0.4) is 0 Å². The number of fused-ring (bicyclic) bond motifs is 1. The van der Waals surface area contributed by atoms with Crippen LogP contribution < -0.4 is 10.6 Å². The lowest BCUT2D eigenvalue weighted by molar-refractivity contribution is 0.251. The first-order valence-corrected chi connectivity index (χ1v) is 9.49. The van der Waals surface area contributed by atoms with Crippen molar-refractivity contribution in [1.29, 1.82) is 0 Å². The van der Waals surface area contributed by atoms with Gasteiger partial charge in [-0.1, -0.05) is 36.4 Å². The molecule has 1 unspecified atom stereocenters. The van der Waals surface area contributed by atoms with Gasteiger partial charge in [0.1, 0.15) is 5.82 Å². The zero-order chi connectivity index (χ0) is 18.6. The Hall–Kier alpha value is -3.12. The quantitative estimate of drug-likeness (QED) is 0.432. The number of carbonyl (C=O) groups is 1. The van der Waals surface area contributed by atoms with Crippen LogP contribution in [0, 0.1) is 5.82 Å². The van der Waals surface area contributed by atoms with Crippen molar-refractivity contribution in [2.45, 2.75) is 5.92 Å². The third-order valence-electron chi connectivity index (χ3n) is 4.47. The lowest BCUT2D eigenvalue weighted by atomic mass is 9.97. The van der Waals surface area contributed by atoms with Crippen LogP contribution >= 0.6 is 11.3 Å². The molecule has 0 aliphatic heterocycles. The van der Waals surface area contributed by atoms with Gasteiger partial charge in [0, 0.05) is 34.4 Å². The summed E-state index contributed by atoms with van der Waals surface area (Å²) in [6.45, 7) is 0.405. The van der Waals surface area contributed by atoms with Crippen LogP contribution in [0.4, 0.5) is 14.9 Å². The number of urea groups is 1. The Kier molecular flexibility index (Phi) is 4.89. The van der Waals surface area contributed by atoms with Crippen LogP contribution in [0.2, 0.25) is 0 Å². The van der Waals surface area contributed by atoms with Crippen molar-refractivity contribution in [1.82, 2.24) is 10.3 Å². The molecule has 0 saturated heterocycles. The summed E-state index contributed by atoms with van der Waals surface area (Å²) in [6, 6.07) is 17.8. The molecule has 4 nitrogen and oxygen atoms in total. The molecule has 0 spiro atoms. The average Bonchev–Trinajstić information content (AvgIpc) is 3.35. The molecule has 4 aromatic rings. The van der Waals surface area contributed by atoms with Gasteiger partial charge in [-0.2, -0.15) is 0 Å². The van der Waals surface area contributed by atoms with Crippen molar-refractivity contribution in [3.8, 4) is 0 Å². The molecule has 0 saturated carbocycles. The fraction of sp³-hybridized carbons (Fsp3) is 0.0952. The predicted octanol–water partition coefficient (Wildman–Crippen LogP) is 5.32. The number of hydrogen-bond donors (Lipinski definition) is 3. The number of rotatable bonds is 5. The Morgan fingerprint density at radius 2 is 1.89 bits per heavy atom. The highest BCUT2D eigenvalue weighted by molar-refractivity contribution is 7.10. The van der Waals surface area contributed by atoms with E-state index in [0.29, 0.717) is 6.54 Å². The Morgan fingerprint density at radius 3 is 2.70 bits per heavy atom. The van der Waals surface area contributed by atoms with Gasteiger partial charge >= 0.3 is 6.03 Å². The molecule has 2 aromatic heterocycles. The molecule has 0 aliphatic rings. The third-order valence-corrected chi connectivity index (χ3v) is 5.46. The van der Waals surface area contributed by atoms with Gasteiger partial charge in [-0.3, -0.25) is 0 Å². The molecule has 0 fully saturated rings. The highest BCUT2D eigenvalue weighted by Gasteiger charge is 2.20. The number of benzene rings is 2. The van der Waals surface area contributed by atoms with Gasteiger partial charge in [0.15, 0.2) is 0 Å². The van der Waals surface area contributed by atoms with Gasteiger partial charge in [-0.15, -0.1) is 11.3 Å². The van der Waals surface area contributed by atoms with Crippen molar-refractivity contribution in [2.24, 2.45) is 0 Å². The van der Waals surface area contributed by atoms with E-state index >= 15 is 0 Å². The number of aromatic amines is 1. The molecule has 1 atom stereocenters. The summed E-state index contributed by atoms with van der Waals surface area (Å²) in [5.74, 6) is -0.452. The first-order valence-electron chi connectivity index (χ1n) is 8.61. The summed E-state index contributed by atoms with van der Waals surface area (Å²) in [4.78, 5) is 16.7. The third kappa shape index (κ3) is 3.71. The van der Waals surface area contributed by atoms with Crippen LogP contribution in [0.25, 0.3) is 10.9 Å². The van der Waals surface area contributed by atoms with Gasteiger partial charge < -0.3 is 15.6 Å². The smallest absolute Gasteiger partial charge is 0.319 e. The van der Waals surface area contributed by atoms with Crippen LogP contribution in [0.15, 0.2) is 72.2 Å². The van der Waals surface area contributed by atoms with Crippen molar-refractivity contribution in [3.63, 3.8) is 0 Å². The van der Waals surface area contributed by atoms with E-state index in [0.717, 1.165) is 21.3 Å². The van der Waals surface area contributed by atoms with Gasteiger partial charge in [0.25, 0.3) is 0 Å². The Morgan fingerprint density at radius 1 is 1.07 bits per heavy atom. The molecule has 4 rings (SSSR count). The maximum atomic E-state index is 13.7. The lowest BCUT2D eigenvalue weighted by Gasteiger charge is -2.17. The molecular weight excluding hydrogens is 361 g/mol. The van der Waals surface area contributed by atoms with Gasteiger partial charge in [0.05, 0.1) is 5.69 Å². The highest BCUT2D eigenvalue weighted by atomic mass is 32.1. The number of carbonyl (C=O) groups excluding carboxylic acids is 1. The fourth-order valence-corrected chi connectivity index (χ4v) is 4.01. The molecule has 0 radical (unpaired) electrons. The van der Waals surface area contributed by atoms with Crippen LogP contribution in [0.1, 0.15) is 16.4 Å². The van der Waals surface area contributed by atoms with E-state index < -0.39 is 11.8 Å². The van der Waals surface area contributed by atoms with E-state index in [1.165, 1.54) is 12.1 Å². The number of thiophene rings is 1. The monoisotopic (exact) mass is 379 g/mol. The molecule has 3 N–H and O–H groups in total. The second-order valence-corrected chi connectivity index (χ2v) is 7.15. The molecule has 136 valence electrons. The predicted molar refractivity (Wildman–Crippen MR) is 108 cm³/mol. The first kappa shape index (κ1) is 17.3. The summed E-state index contributed by atoms with van der Waals surface area (Å²) < 4.78 is 13.7. The number of aromatic nitrogens is 1. The molecule has 0 bridgehead atoms. The summed E-state index contributed by atoms with van der Waals surface area (Å²) in [5, 5.41) is 8.60. The normalized spacial score (nSPS) is 12.0. The number of hydrogen-bond acceptors (Lipinski definition) is 2. The van der Waals surface area contributed by atoms with E-state index in [1.54, 1.807) is 23.5 Å². The Balaban J connectivity index is 1.54. The standard InChI is InChI=1S/C21H18FN3OS/c22-17-7-2-4-9-19(17)25-21(26)24-13-16(20-10-5-11-27-20)15-12-23-18-8-3-1-6-14(15)18/h1-12,16,23H,13H2,(H2,24,25,26). The number of halogens is 1. The number of anilines is 1. The van der Waals surface area contributed by atoms with Gasteiger partial charge in [-0.05, 0) is 35.2 Å². The second kappa shape index (κ2) is 7.63. The highest BCUT2D eigenvalue weighted by Crippen LogP contribution is 2.32. The summed E-state index contributed by atoms with van der Waals surface area (Å²) in [7, 11) is 0. The van der Waals surface area contributed by atoms with Gasteiger partial charge in [-0.25, -0.2) is 9.18 Å². The van der Waals surface area contributed by atoms with E-state index in [1.807, 2.05) is 35.8 Å². The summed E-state index contributed by atoms with van der Waals surface area (Å²) in [5.41, 5.74) is 2.35. The number of amides is 2. The number of H-pyrrole nitrogens is 1. The van der Waals surface area contributed by atoms with Crippen molar-refractivity contribution in [3.05, 3.63) is 88.5 Å². The van der Waals surface area contributed by atoms with Crippen molar-refractivity contribution >= 4 is 34.0 Å². The largest absolute Gasteiger partial charge is 0.361 e. The lowest BCUT2D eigenvalue weighted by Crippen LogP contribution is -2.32. The van der Waals surface area contributed by atoms with E-state index in [2.05, 4.69) is 27.8 Å². The zero-order valence-corrected chi connectivity index (χ0v) is 15.2. The Labute approximate surface area is 160 Å².